The summed E-state index contributed by atoms with van der Waals surface area (Å²) in [5.41, 5.74) is 7.59. The van der Waals surface area contributed by atoms with Crippen molar-refractivity contribution in [1.29, 1.82) is 0 Å². The Morgan fingerprint density at radius 1 is 1.03 bits per heavy atom. The number of aromatic nitrogens is 4. The van der Waals surface area contributed by atoms with E-state index in [1.807, 2.05) is 6.07 Å². The average Bonchev–Trinajstić information content (AvgIpc) is 3.24. The highest BCUT2D eigenvalue weighted by molar-refractivity contribution is 7.99. The molecular weight excluding hydrogens is 483 g/mol. The summed E-state index contributed by atoms with van der Waals surface area (Å²) in [5, 5.41) is 12.6. The fourth-order valence-electron chi connectivity index (χ4n) is 2.95. The number of halogens is 2. The van der Waals surface area contributed by atoms with Crippen LogP contribution in [-0.4, -0.2) is 37.3 Å². The number of hydrogen-bond acceptors (Lipinski definition) is 6. The number of thioether (sulfide) groups is 1. The Morgan fingerprint density at radius 2 is 1.82 bits per heavy atom. The Labute approximate surface area is 203 Å². The van der Waals surface area contributed by atoms with Crippen LogP contribution in [0, 0.1) is 0 Å². The number of nitrogens with one attached hydrogen (secondary N) is 1. The van der Waals surface area contributed by atoms with E-state index in [1.54, 1.807) is 65.5 Å². The van der Waals surface area contributed by atoms with Gasteiger partial charge in [0.1, 0.15) is 0 Å². The number of pyridine rings is 1. The molecule has 0 unspecified atom stereocenters. The molecule has 0 atom stereocenters. The van der Waals surface area contributed by atoms with Gasteiger partial charge in [-0.3, -0.25) is 19.1 Å². The first-order valence-corrected chi connectivity index (χ1v) is 11.3. The molecule has 0 bridgehead atoms. The molecule has 0 saturated heterocycles. The molecule has 2 heterocycles. The van der Waals surface area contributed by atoms with Crippen LogP contribution in [0.25, 0.3) is 17.1 Å². The van der Waals surface area contributed by atoms with E-state index >= 15 is 0 Å². The number of nitrogens with two attached hydrogens (primary N) is 1. The van der Waals surface area contributed by atoms with Crippen molar-refractivity contribution in [2.75, 3.05) is 11.1 Å². The van der Waals surface area contributed by atoms with Crippen LogP contribution in [0.2, 0.25) is 10.0 Å². The summed E-state index contributed by atoms with van der Waals surface area (Å²) in [6.07, 6.45) is 3.34. The van der Waals surface area contributed by atoms with Gasteiger partial charge < -0.3 is 11.1 Å². The highest BCUT2D eigenvalue weighted by atomic mass is 35.5. The highest BCUT2D eigenvalue weighted by Gasteiger charge is 2.18. The van der Waals surface area contributed by atoms with Gasteiger partial charge in [0.05, 0.1) is 21.5 Å². The standard InChI is InChI=1S/C22H16Cl2N6O2S/c23-17-8-7-16(10-18(17)24)30-21(14-2-1-9-26-11-14)28-29-22(30)33-12-19(31)27-15-5-3-13(4-6-15)20(25)32/h1-11H,12H2,(H2,25,32)(H,27,31). The van der Waals surface area contributed by atoms with Crippen molar-refractivity contribution >= 4 is 52.5 Å². The molecule has 2 amide bonds. The lowest BCUT2D eigenvalue weighted by Crippen LogP contribution is -2.15. The second-order valence-electron chi connectivity index (χ2n) is 6.76. The molecule has 2 aromatic carbocycles. The third kappa shape index (κ3) is 5.33. The Bertz CT molecular complexity index is 1310. The summed E-state index contributed by atoms with van der Waals surface area (Å²) in [5.74, 6) is -0.163. The van der Waals surface area contributed by atoms with Crippen molar-refractivity contribution in [3.8, 4) is 17.1 Å². The molecule has 2 aromatic heterocycles. The lowest BCUT2D eigenvalue weighted by atomic mass is 10.2. The third-order valence-corrected chi connectivity index (χ3v) is 6.17. The molecular formula is C22H16Cl2N6O2S. The summed E-state index contributed by atoms with van der Waals surface area (Å²) in [4.78, 5) is 27.8. The van der Waals surface area contributed by atoms with Crippen LogP contribution in [0.15, 0.2) is 72.1 Å². The number of carbonyl (C=O) groups excluding carboxylic acids is 2. The smallest absolute Gasteiger partial charge is 0.248 e. The van der Waals surface area contributed by atoms with E-state index in [2.05, 4.69) is 20.5 Å². The van der Waals surface area contributed by atoms with Gasteiger partial charge in [-0.2, -0.15) is 0 Å². The van der Waals surface area contributed by atoms with Crippen molar-refractivity contribution in [3.05, 3.63) is 82.6 Å². The maximum atomic E-state index is 12.5. The van der Waals surface area contributed by atoms with Gasteiger partial charge in [-0.25, -0.2) is 0 Å². The molecule has 0 aliphatic carbocycles. The van der Waals surface area contributed by atoms with Crippen LogP contribution in [-0.2, 0) is 4.79 Å². The summed E-state index contributed by atoms with van der Waals surface area (Å²) < 4.78 is 1.79. The molecule has 0 fully saturated rings. The van der Waals surface area contributed by atoms with Crippen LogP contribution >= 0.6 is 35.0 Å². The van der Waals surface area contributed by atoms with Crippen molar-refractivity contribution in [2.45, 2.75) is 5.16 Å². The number of benzene rings is 2. The molecule has 0 radical (unpaired) electrons. The van der Waals surface area contributed by atoms with Gasteiger partial charge in [0.15, 0.2) is 11.0 Å². The topological polar surface area (TPSA) is 116 Å². The van der Waals surface area contributed by atoms with Crippen LogP contribution in [0.4, 0.5) is 5.69 Å². The summed E-state index contributed by atoms with van der Waals surface area (Å²) in [6.45, 7) is 0. The van der Waals surface area contributed by atoms with E-state index in [0.717, 1.165) is 5.56 Å². The predicted octanol–water partition coefficient (Wildman–Crippen LogP) is 4.47. The van der Waals surface area contributed by atoms with E-state index in [1.165, 1.54) is 11.8 Å². The fraction of sp³-hybridized carbons (Fsp3) is 0.0455. The zero-order valence-corrected chi connectivity index (χ0v) is 19.2. The van der Waals surface area contributed by atoms with Crippen LogP contribution in [0.1, 0.15) is 10.4 Å². The summed E-state index contributed by atoms with van der Waals surface area (Å²) >= 11 is 13.5. The lowest BCUT2D eigenvalue weighted by molar-refractivity contribution is -0.113. The largest absolute Gasteiger partial charge is 0.366 e. The SMILES string of the molecule is NC(=O)c1ccc(NC(=O)CSc2nnc(-c3cccnc3)n2-c2ccc(Cl)c(Cl)c2)cc1. The van der Waals surface area contributed by atoms with E-state index in [4.69, 9.17) is 28.9 Å². The highest BCUT2D eigenvalue weighted by Crippen LogP contribution is 2.31. The fourth-order valence-corrected chi connectivity index (χ4v) is 3.99. The molecule has 0 aliphatic heterocycles. The van der Waals surface area contributed by atoms with Gasteiger partial charge in [-0.1, -0.05) is 35.0 Å². The summed E-state index contributed by atoms with van der Waals surface area (Å²) in [7, 11) is 0. The van der Waals surface area contributed by atoms with Crippen molar-refractivity contribution < 1.29 is 9.59 Å². The average molecular weight is 499 g/mol. The van der Waals surface area contributed by atoms with E-state index < -0.39 is 5.91 Å². The zero-order chi connectivity index (χ0) is 23.4. The number of rotatable bonds is 7. The van der Waals surface area contributed by atoms with Crippen LogP contribution in [0.5, 0.6) is 0 Å². The van der Waals surface area contributed by atoms with Gasteiger partial charge in [0.25, 0.3) is 0 Å². The Morgan fingerprint density at radius 3 is 2.48 bits per heavy atom. The Kier molecular flexibility index (Phi) is 6.93. The summed E-state index contributed by atoms with van der Waals surface area (Å²) in [6, 6.07) is 15.2. The molecule has 8 nitrogen and oxygen atoms in total. The zero-order valence-electron chi connectivity index (χ0n) is 16.9. The number of carbonyl (C=O) groups is 2. The molecule has 0 spiro atoms. The van der Waals surface area contributed by atoms with Crippen LogP contribution < -0.4 is 11.1 Å². The second kappa shape index (κ2) is 10.0. The molecule has 3 N–H and O–H groups in total. The lowest BCUT2D eigenvalue weighted by Gasteiger charge is -2.11. The molecule has 11 heteroatoms. The quantitative estimate of drug-likeness (QED) is 0.363. The third-order valence-electron chi connectivity index (χ3n) is 4.50. The van der Waals surface area contributed by atoms with Crippen molar-refractivity contribution in [1.82, 2.24) is 19.7 Å². The minimum atomic E-state index is -0.533. The molecule has 166 valence electrons. The first-order valence-electron chi connectivity index (χ1n) is 9.56. The molecule has 0 saturated carbocycles. The first-order chi connectivity index (χ1) is 15.9. The van der Waals surface area contributed by atoms with E-state index in [9.17, 15) is 9.59 Å². The monoisotopic (exact) mass is 498 g/mol. The first kappa shape index (κ1) is 22.8. The van der Waals surface area contributed by atoms with Gasteiger partial charge >= 0.3 is 0 Å². The van der Waals surface area contributed by atoms with Crippen LogP contribution in [0.3, 0.4) is 0 Å². The minimum Gasteiger partial charge on any atom is -0.366 e. The van der Waals surface area contributed by atoms with E-state index in [0.29, 0.717) is 38.0 Å². The maximum absolute atomic E-state index is 12.5. The van der Waals surface area contributed by atoms with E-state index in [-0.39, 0.29) is 11.7 Å². The Hall–Kier alpha value is -3.40. The minimum absolute atomic E-state index is 0.0735. The number of primary amides is 1. The van der Waals surface area contributed by atoms with Crippen molar-refractivity contribution in [3.63, 3.8) is 0 Å². The number of amides is 2. The second-order valence-corrected chi connectivity index (χ2v) is 8.52. The molecule has 0 aliphatic rings. The van der Waals surface area contributed by atoms with Gasteiger partial charge in [0.2, 0.25) is 11.8 Å². The number of anilines is 1. The predicted molar refractivity (Wildman–Crippen MR) is 129 cm³/mol. The molecule has 4 rings (SSSR count). The molecule has 33 heavy (non-hydrogen) atoms. The Balaban J connectivity index is 1.57. The van der Waals surface area contributed by atoms with Gasteiger partial charge in [-0.15, -0.1) is 10.2 Å². The number of nitrogens with zero attached hydrogens (tertiary/aromatic N) is 4. The normalized spacial score (nSPS) is 10.7. The maximum Gasteiger partial charge on any atom is 0.248 e. The van der Waals surface area contributed by atoms with Gasteiger partial charge in [0, 0.05) is 29.2 Å². The van der Waals surface area contributed by atoms with Gasteiger partial charge in [-0.05, 0) is 54.6 Å². The van der Waals surface area contributed by atoms with Crippen molar-refractivity contribution in [2.24, 2.45) is 5.73 Å². The molecule has 4 aromatic rings. The number of hydrogen-bond donors (Lipinski definition) is 2.